The molecular weight excluding hydrogens is 295 g/mol. The van der Waals surface area contributed by atoms with Crippen LogP contribution in [0.25, 0.3) is 0 Å². The fraction of sp³-hybridized carbons (Fsp3) is 0.143. The Morgan fingerprint density at radius 1 is 0.810 bits per heavy atom. The smallest absolute Gasteiger partial charge is 0.453 e. The van der Waals surface area contributed by atoms with Crippen molar-refractivity contribution in [1.82, 2.24) is 0 Å². The van der Waals surface area contributed by atoms with Crippen LogP contribution < -0.4 is 9.47 Å². The van der Waals surface area contributed by atoms with Gasteiger partial charge in [0, 0.05) is 0 Å². The number of hydrogen-bond acceptors (Lipinski definition) is 2. The van der Waals surface area contributed by atoms with Crippen molar-refractivity contribution in [2.24, 2.45) is 0 Å². The highest BCUT2D eigenvalue weighted by molar-refractivity contribution is 5.42. The Morgan fingerprint density at radius 2 is 1.38 bits per heavy atom. The van der Waals surface area contributed by atoms with Gasteiger partial charge in [-0.25, -0.2) is 0 Å². The molecule has 0 bridgehead atoms. The number of halogens is 5. The number of para-hydroxylation sites is 2. The molecule has 0 aliphatic carbocycles. The first-order valence-electron chi connectivity index (χ1n) is 5.66. The zero-order valence-electron chi connectivity index (χ0n) is 10.3. The van der Waals surface area contributed by atoms with Gasteiger partial charge in [-0.2, -0.15) is 22.0 Å². The number of alkyl halides is 5. The van der Waals surface area contributed by atoms with Crippen molar-refractivity contribution >= 4 is 0 Å². The Kier molecular flexibility index (Phi) is 4.02. The van der Waals surface area contributed by atoms with Crippen LogP contribution in [0.2, 0.25) is 0 Å². The summed E-state index contributed by atoms with van der Waals surface area (Å²) >= 11 is 0. The van der Waals surface area contributed by atoms with Crippen molar-refractivity contribution in [2.75, 3.05) is 0 Å². The minimum Gasteiger partial charge on any atom is -0.453 e. The number of hydrogen-bond donors (Lipinski definition) is 0. The summed E-state index contributed by atoms with van der Waals surface area (Å²) in [5, 5.41) is 0. The molecule has 2 rings (SSSR count). The van der Waals surface area contributed by atoms with Crippen molar-refractivity contribution in [3.63, 3.8) is 0 Å². The maximum Gasteiger partial charge on any atom is 0.499 e. The van der Waals surface area contributed by atoms with Gasteiger partial charge in [-0.05, 0) is 30.3 Å². The summed E-state index contributed by atoms with van der Waals surface area (Å²) in [5.41, 5.74) is 0. The Morgan fingerprint density at radius 3 is 1.95 bits per heavy atom. The minimum atomic E-state index is -5.82. The van der Waals surface area contributed by atoms with Crippen LogP contribution in [0.5, 0.6) is 17.2 Å². The first-order chi connectivity index (χ1) is 9.79. The fourth-order valence-electron chi connectivity index (χ4n) is 1.38. The van der Waals surface area contributed by atoms with Gasteiger partial charge in [0.05, 0.1) is 0 Å². The first-order valence-corrected chi connectivity index (χ1v) is 5.66. The van der Waals surface area contributed by atoms with E-state index in [1.807, 2.05) is 0 Å². The molecule has 0 aromatic heterocycles. The van der Waals surface area contributed by atoms with Crippen LogP contribution in [0.15, 0.2) is 48.5 Å². The van der Waals surface area contributed by atoms with Crippen LogP contribution in [0.1, 0.15) is 0 Å². The molecule has 0 saturated carbocycles. The first kappa shape index (κ1) is 15.1. The van der Waals surface area contributed by atoms with Crippen molar-refractivity contribution in [1.29, 1.82) is 0 Å². The van der Waals surface area contributed by atoms with Crippen molar-refractivity contribution in [2.45, 2.75) is 12.3 Å². The monoisotopic (exact) mass is 303 g/mol. The summed E-state index contributed by atoms with van der Waals surface area (Å²) in [6.07, 6.45) is -11.1. The lowest BCUT2D eigenvalue weighted by Crippen LogP contribution is -2.41. The molecule has 1 radical (unpaired) electrons. The summed E-state index contributed by atoms with van der Waals surface area (Å²) in [5.74, 6) is -0.722. The van der Waals surface area contributed by atoms with E-state index in [0.717, 1.165) is 6.07 Å². The molecule has 0 atom stereocenters. The molecule has 0 aliphatic rings. The molecule has 0 aliphatic heterocycles. The largest absolute Gasteiger partial charge is 0.499 e. The quantitative estimate of drug-likeness (QED) is 0.754. The SMILES string of the molecule is FC(F)(F)C(F)(F)Oc1ccccc1Oc1cc[c]cc1. The van der Waals surface area contributed by atoms with Gasteiger partial charge in [-0.1, -0.05) is 24.3 Å². The fourth-order valence-corrected chi connectivity index (χ4v) is 1.38. The molecule has 2 aromatic rings. The van der Waals surface area contributed by atoms with Gasteiger partial charge in [0.1, 0.15) is 5.75 Å². The van der Waals surface area contributed by atoms with E-state index >= 15 is 0 Å². The van der Waals surface area contributed by atoms with E-state index in [4.69, 9.17) is 4.74 Å². The molecule has 0 saturated heterocycles. The second-order valence-corrected chi connectivity index (χ2v) is 3.90. The van der Waals surface area contributed by atoms with Crippen molar-refractivity contribution < 1.29 is 31.4 Å². The highest BCUT2D eigenvalue weighted by atomic mass is 19.4. The van der Waals surface area contributed by atoms with Gasteiger partial charge in [0.15, 0.2) is 11.5 Å². The maximum absolute atomic E-state index is 12.9. The van der Waals surface area contributed by atoms with Crippen LogP contribution in [0.4, 0.5) is 22.0 Å². The normalized spacial score (nSPS) is 12.0. The Balaban J connectivity index is 2.26. The Bertz CT molecular complexity index is 596. The van der Waals surface area contributed by atoms with E-state index in [-0.39, 0.29) is 11.5 Å². The van der Waals surface area contributed by atoms with Gasteiger partial charge in [0.25, 0.3) is 0 Å². The molecule has 0 heterocycles. The van der Waals surface area contributed by atoms with Gasteiger partial charge in [0.2, 0.25) is 0 Å². The van der Waals surface area contributed by atoms with Crippen LogP contribution in [0, 0.1) is 6.07 Å². The third kappa shape index (κ3) is 3.62. The Labute approximate surface area is 116 Å². The molecule has 111 valence electrons. The van der Waals surface area contributed by atoms with Crippen LogP contribution in [0.3, 0.4) is 0 Å². The molecule has 0 unspecified atom stereocenters. The molecule has 2 nitrogen and oxygen atoms in total. The Hall–Kier alpha value is -2.31. The van der Waals surface area contributed by atoms with Gasteiger partial charge < -0.3 is 9.47 Å². The molecule has 7 heteroatoms. The summed E-state index contributed by atoms with van der Waals surface area (Å²) in [7, 11) is 0. The summed E-state index contributed by atoms with van der Waals surface area (Å²) in [6, 6.07) is 13.5. The van der Waals surface area contributed by atoms with Crippen LogP contribution >= 0.6 is 0 Å². The third-order valence-electron chi connectivity index (χ3n) is 2.33. The van der Waals surface area contributed by atoms with Gasteiger partial charge in [-0.3, -0.25) is 0 Å². The molecule has 0 amide bonds. The van der Waals surface area contributed by atoms with E-state index in [2.05, 4.69) is 10.8 Å². The summed E-state index contributed by atoms with van der Waals surface area (Å²) < 4.78 is 71.3. The average Bonchev–Trinajstić information content (AvgIpc) is 2.40. The van der Waals surface area contributed by atoms with E-state index in [1.54, 1.807) is 0 Å². The molecule has 0 N–H and O–H groups in total. The molecule has 0 fully saturated rings. The maximum atomic E-state index is 12.9. The van der Waals surface area contributed by atoms with E-state index < -0.39 is 18.0 Å². The summed E-state index contributed by atoms with van der Waals surface area (Å²) in [6.45, 7) is 0. The predicted octanol–water partition coefficient (Wildman–Crippen LogP) is 4.81. The second-order valence-electron chi connectivity index (χ2n) is 3.90. The van der Waals surface area contributed by atoms with Crippen LogP contribution in [-0.4, -0.2) is 12.3 Å². The standard InChI is InChI=1S/C14H8F5O2/c15-13(16,17)14(18,19)21-12-9-5-4-8-11(12)20-10-6-2-1-3-7-10/h2-9H. The highest BCUT2D eigenvalue weighted by Crippen LogP contribution is 2.41. The van der Waals surface area contributed by atoms with E-state index in [9.17, 15) is 22.0 Å². The van der Waals surface area contributed by atoms with E-state index in [1.165, 1.54) is 42.5 Å². The van der Waals surface area contributed by atoms with Gasteiger partial charge in [-0.15, -0.1) is 0 Å². The second kappa shape index (κ2) is 5.59. The van der Waals surface area contributed by atoms with Gasteiger partial charge >= 0.3 is 12.3 Å². The van der Waals surface area contributed by atoms with Crippen molar-refractivity contribution in [3.05, 3.63) is 54.6 Å². The number of rotatable bonds is 4. The van der Waals surface area contributed by atoms with E-state index in [0.29, 0.717) is 0 Å². The molecular formula is C14H8F5O2. The molecule has 21 heavy (non-hydrogen) atoms. The molecule has 2 aromatic carbocycles. The topological polar surface area (TPSA) is 18.5 Å². The lowest BCUT2D eigenvalue weighted by Gasteiger charge is -2.21. The molecule has 0 spiro atoms. The number of ether oxygens (including phenoxy) is 2. The lowest BCUT2D eigenvalue weighted by atomic mass is 10.3. The zero-order chi connectivity index (χ0) is 15.5. The van der Waals surface area contributed by atoms with Crippen molar-refractivity contribution in [3.8, 4) is 17.2 Å². The highest BCUT2D eigenvalue weighted by Gasteiger charge is 2.61. The minimum absolute atomic E-state index is 0.250. The summed E-state index contributed by atoms with van der Waals surface area (Å²) in [4.78, 5) is 0. The lowest BCUT2D eigenvalue weighted by molar-refractivity contribution is -0.360. The zero-order valence-corrected chi connectivity index (χ0v) is 10.3. The number of benzene rings is 2. The predicted molar refractivity (Wildman–Crippen MR) is 63.4 cm³/mol. The van der Waals surface area contributed by atoms with Crippen LogP contribution in [-0.2, 0) is 0 Å². The third-order valence-corrected chi connectivity index (χ3v) is 2.33. The average molecular weight is 303 g/mol.